The van der Waals surface area contributed by atoms with Gasteiger partial charge < -0.3 is 10.1 Å². The van der Waals surface area contributed by atoms with E-state index in [1.54, 1.807) is 6.92 Å². The van der Waals surface area contributed by atoms with Crippen LogP contribution in [0.5, 0.6) is 0 Å². The molecule has 1 saturated heterocycles. The Morgan fingerprint density at radius 3 is 2.54 bits per heavy atom. The van der Waals surface area contributed by atoms with Crippen LogP contribution in [0.2, 0.25) is 5.02 Å². The van der Waals surface area contributed by atoms with Crippen molar-refractivity contribution in [3.05, 3.63) is 52.8 Å². The van der Waals surface area contributed by atoms with Gasteiger partial charge in [0.2, 0.25) is 5.91 Å². The van der Waals surface area contributed by atoms with Crippen LogP contribution in [0.1, 0.15) is 50.0 Å². The zero-order valence-corrected chi connectivity index (χ0v) is 14.7. The first kappa shape index (κ1) is 17.0. The summed E-state index contributed by atoms with van der Waals surface area (Å²) < 4.78 is 8.21. The fraction of sp³-hybridized carbons (Fsp3) is 0.444. The lowest BCUT2D eigenvalue weighted by molar-refractivity contribution is -0.122. The van der Waals surface area contributed by atoms with Crippen molar-refractivity contribution in [2.24, 2.45) is 0 Å². The molecule has 1 N–H and O–H groups in total. The maximum Gasteiger partial charge on any atom is 0.217 e. The number of hydrogen-bond donors (Lipinski definition) is 1. The van der Waals surface area contributed by atoms with Crippen LogP contribution in [0.25, 0.3) is 0 Å². The molecule has 1 aromatic carbocycles. The number of hydrogen-bond acceptors (Lipinski definition) is 3. The molecule has 24 heavy (non-hydrogen) atoms. The van der Waals surface area contributed by atoms with Crippen LogP contribution in [-0.2, 0) is 16.1 Å². The van der Waals surface area contributed by atoms with Gasteiger partial charge in [0.25, 0.3) is 0 Å². The number of aryl methyl sites for hydroxylation is 1. The highest BCUT2D eigenvalue weighted by Gasteiger charge is 2.32. The number of rotatable bonds is 4. The molecule has 0 unspecified atom stereocenters. The number of nitrogens with one attached hydrogen (secondary N) is 1. The van der Waals surface area contributed by atoms with E-state index in [-0.39, 0.29) is 24.2 Å². The summed E-state index contributed by atoms with van der Waals surface area (Å²) in [7, 11) is 0. The molecule has 2 aromatic rings. The summed E-state index contributed by atoms with van der Waals surface area (Å²) in [6.07, 6.45) is 5.20. The summed E-state index contributed by atoms with van der Waals surface area (Å²) in [5.41, 5.74) is 2.12. The summed E-state index contributed by atoms with van der Waals surface area (Å²) >= 11 is 5.98. The van der Waals surface area contributed by atoms with Gasteiger partial charge in [0, 0.05) is 36.3 Å². The average molecular weight is 348 g/mol. The Morgan fingerprint density at radius 2 is 1.96 bits per heavy atom. The van der Waals surface area contributed by atoms with Gasteiger partial charge in [0.05, 0.1) is 18.4 Å². The predicted octanol–water partition coefficient (Wildman–Crippen LogP) is 3.65. The molecule has 6 heteroatoms. The molecule has 0 bridgehead atoms. The fourth-order valence-electron chi connectivity index (χ4n) is 3.15. The van der Waals surface area contributed by atoms with E-state index in [1.807, 2.05) is 41.3 Å². The lowest BCUT2D eigenvalue weighted by atomic mass is 9.92. The standard InChI is InChI=1S/C18H22ClN3O2/c1-3-22-11-14(10-20-22)18-9-16(21-12(2)23)8-17(24-18)13-4-6-15(19)7-5-13/h4-7,10-11,16-18H,3,8-9H2,1-2H3,(H,21,23)/t16-,17-,18+/m0/s1. The fourth-order valence-corrected chi connectivity index (χ4v) is 3.28. The Morgan fingerprint density at radius 1 is 1.29 bits per heavy atom. The van der Waals surface area contributed by atoms with E-state index in [9.17, 15) is 4.79 Å². The molecule has 128 valence electrons. The normalized spacial score (nSPS) is 23.9. The minimum absolute atomic E-state index is 0.0141. The molecule has 3 atom stereocenters. The molecule has 1 aliphatic heterocycles. The van der Waals surface area contributed by atoms with Gasteiger partial charge >= 0.3 is 0 Å². The average Bonchev–Trinajstić information content (AvgIpc) is 3.04. The van der Waals surface area contributed by atoms with Gasteiger partial charge in [0.1, 0.15) is 0 Å². The number of benzene rings is 1. The van der Waals surface area contributed by atoms with Crippen LogP contribution in [0, 0.1) is 0 Å². The molecular weight excluding hydrogens is 326 g/mol. The first-order chi connectivity index (χ1) is 11.5. The van der Waals surface area contributed by atoms with Crippen LogP contribution >= 0.6 is 11.6 Å². The Balaban J connectivity index is 1.83. The Kier molecular flexibility index (Phi) is 5.21. The van der Waals surface area contributed by atoms with Gasteiger partial charge in [-0.1, -0.05) is 23.7 Å². The summed E-state index contributed by atoms with van der Waals surface area (Å²) in [6, 6.07) is 7.77. The van der Waals surface area contributed by atoms with E-state index in [4.69, 9.17) is 16.3 Å². The minimum Gasteiger partial charge on any atom is -0.365 e. The Hall–Kier alpha value is -1.85. The van der Waals surface area contributed by atoms with E-state index in [1.165, 1.54) is 0 Å². The molecule has 0 spiro atoms. The molecule has 2 heterocycles. The summed E-state index contributed by atoms with van der Waals surface area (Å²) in [5, 5.41) is 8.08. The number of halogens is 1. The monoisotopic (exact) mass is 347 g/mol. The number of ether oxygens (including phenoxy) is 1. The van der Waals surface area contributed by atoms with Crippen molar-refractivity contribution in [3.8, 4) is 0 Å². The Bertz CT molecular complexity index is 699. The summed E-state index contributed by atoms with van der Waals surface area (Å²) in [4.78, 5) is 11.5. The first-order valence-corrected chi connectivity index (χ1v) is 8.63. The molecule has 0 saturated carbocycles. The number of carbonyl (C=O) groups is 1. The van der Waals surface area contributed by atoms with Crippen LogP contribution in [0.15, 0.2) is 36.7 Å². The zero-order chi connectivity index (χ0) is 17.1. The van der Waals surface area contributed by atoms with E-state index in [0.29, 0.717) is 5.02 Å². The number of carbonyl (C=O) groups excluding carboxylic acids is 1. The van der Waals surface area contributed by atoms with Gasteiger partial charge in [0.15, 0.2) is 0 Å². The molecule has 0 aliphatic carbocycles. The van der Waals surface area contributed by atoms with Gasteiger partial charge in [-0.15, -0.1) is 0 Å². The molecular formula is C18H22ClN3O2. The van der Waals surface area contributed by atoms with Gasteiger partial charge in [-0.3, -0.25) is 9.48 Å². The maximum atomic E-state index is 11.5. The van der Waals surface area contributed by atoms with Crippen LogP contribution in [0.4, 0.5) is 0 Å². The maximum absolute atomic E-state index is 11.5. The third kappa shape index (κ3) is 3.97. The Labute approximate surface area is 147 Å². The molecule has 3 rings (SSSR count). The second-order valence-corrected chi connectivity index (χ2v) is 6.60. The number of amides is 1. The lowest BCUT2D eigenvalue weighted by Gasteiger charge is -2.35. The number of aromatic nitrogens is 2. The third-order valence-corrected chi connectivity index (χ3v) is 4.58. The van der Waals surface area contributed by atoms with Crippen molar-refractivity contribution in [2.75, 3.05) is 0 Å². The van der Waals surface area contributed by atoms with Crippen molar-refractivity contribution >= 4 is 17.5 Å². The van der Waals surface area contributed by atoms with Crippen molar-refractivity contribution in [1.29, 1.82) is 0 Å². The van der Waals surface area contributed by atoms with Crippen molar-refractivity contribution in [2.45, 2.75) is 51.5 Å². The highest BCUT2D eigenvalue weighted by atomic mass is 35.5. The van der Waals surface area contributed by atoms with E-state index in [0.717, 1.165) is 30.5 Å². The SMILES string of the molecule is CCn1cc([C@H]2C[C@@H](NC(C)=O)C[C@@H](c3ccc(Cl)cc3)O2)cn1. The quantitative estimate of drug-likeness (QED) is 0.918. The highest BCUT2D eigenvalue weighted by molar-refractivity contribution is 6.30. The first-order valence-electron chi connectivity index (χ1n) is 8.25. The molecule has 1 aliphatic rings. The zero-order valence-electron chi connectivity index (χ0n) is 13.9. The molecule has 1 aromatic heterocycles. The van der Waals surface area contributed by atoms with Crippen LogP contribution in [0.3, 0.4) is 0 Å². The van der Waals surface area contributed by atoms with Crippen LogP contribution < -0.4 is 5.32 Å². The van der Waals surface area contributed by atoms with Crippen LogP contribution in [-0.4, -0.2) is 21.7 Å². The van der Waals surface area contributed by atoms with E-state index < -0.39 is 0 Å². The largest absolute Gasteiger partial charge is 0.365 e. The predicted molar refractivity (Wildman–Crippen MR) is 92.8 cm³/mol. The second-order valence-electron chi connectivity index (χ2n) is 6.16. The molecule has 5 nitrogen and oxygen atoms in total. The second kappa shape index (κ2) is 7.36. The number of nitrogens with zero attached hydrogens (tertiary/aromatic N) is 2. The van der Waals surface area contributed by atoms with Crippen molar-refractivity contribution in [3.63, 3.8) is 0 Å². The van der Waals surface area contributed by atoms with E-state index in [2.05, 4.69) is 17.3 Å². The molecule has 0 radical (unpaired) electrons. The van der Waals surface area contributed by atoms with Gasteiger partial charge in [-0.2, -0.15) is 5.10 Å². The topological polar surface area (TPSA) is 56.2 Å². The van der Waals surface area contributed by atoms with Gasteiger partial charge in [-0.25, -0.2) is 0 Å². The summed E-state index contributed by atoms with van der Waals surface area (Å²) in [6.45, 7) is 4.43. The highest BCUT2D eigenvalue weighted by Crippen LogP contribution is 2.39. The lowest BCUT2D eigenvalue weighted by Crippen LogP contribution is -2.39. The van der Waals surface area contributed by atoms with Crippen molar-refractivity contribution in [1.82, 2.24) is 15.1 Å². The smallest absolute Gasteiger partial charge is 0.217 e. The third-order valence-electron chi connectivity index (χ3n) is 4.32. The summed E-state index contributed by atoms with van der Waals surface area (Å²) in [5.74, 6) is -0.0141. The van der Waals surface area contributed by atoms with Crippen molar-refractivity contribution < 1.29 is 9.53 Å². The van der Waals surface area contributed by atoms with E-state index >= 15 is 0 Å². The molecule has 1 amide bonds. The minimum atomic E-state index is -0.0865. The van der Waals surface area contributed by atoms with Gasteiger partial charge in [-0.05, 0) is 37.5 Å². The molecule has 1 fully saturated rings.